The minimum atomic E-state index is -0.0456. The largest absolute Gasteiger partial charge is 0.378 e. The van der Waals surface area contributed by atoms with Crippen LogP contribution in [-0.2, 0) is 16.1 Å². The van der Waals surface area contributed by atoms with Crippen LogP contribution in [0.4, 0.5) is 0 Å². The van der Waals surface area contributed by atoms with Crippen molar-refractivity contribution in [1.29, 1.82) is 0 Å². The second-order valence-electron chi connectivity index (χ2n) is 6.84. The molecule has 4 rings (SSSR count). The van der Waals surface area contributed by atoms with Crippen molar-refractivity contribution in [1.82, 2.24) is 9.80 Å². The minimum absolute atomic E-state index is 0.0306. The SMILES string of the molecule is O=C(c1ccc([C@H]2SCC(=O)N2Cc2ccc(Cl)cc2)cc1)N1CCOCC1. The summed E-state index contributed by atoms with van der Waals surface area (Å²) < 4.78 is 5.31. The molecule has 2 aliphatic heterocycles. The Morgan fingerprint density at radius 2 is 1.75 bits per heavy atom. The number of carbonyl (C=O) groups is 2. The van der Waals surface area contributed by atoms with Gasteiger partial charge in [0.15, 0.2) is 0 Å². The first-order chi connectivity index (χ1) is 13.6. The van der Waals surface area contributed by atoms with Crippen LogP contribution in [0.5, 0.6) is 0 Å². The molecular weight excluding hydrogens is 396 g/mol. The van der Waals surface area contributed by atoms with Gasteiger partial charge in [0.25, 0.3) is 5.91 Å². The molecule has 2 amide bonds. The first kappa shape index (κ1) is 19.3. The third-order valence-corrected chi connectivity index (χ3v) is 6.48. The summed E-state index contributed by atoms with van der Waals surface area (Å²) in [6.45, 7) is 2.97. The van der Waals surface area contributed by atoms with Crippen molar-refractivity contribution >= 4 is 35.2 Å². The lowest BCUT2D eigenvalue weighted by Crippen LogP contribution is -2.40. The number of halogens is 1. The molecule has 2 heterocycles. The zero-order valence-corrected chi connectivity index (χ0v) is 16.9. The molecule has 0 spiro atoms. The normalized spacial score (nSPS) is 19.9. The maximum Gasteiger partial charge on any atom is 0.254 e. The highest BCUT2D eigenvalue weighted by Gasteiger charge is 2.33. The molecule has 2 aromatic carbocycles. The van der Waals surface area contributed by atoms with Crippen LogP contribution in [0.2, 0.25) is 5.02 Å². The van der Waals surface area contributed by atoms with E-state index in [0.29, 0.717) is 49.2 Å². The Labute approximate surface area is 173 Å². The first-order valence-corrected chi connectivity index (χ1v) is 10.7. The summed E-state index contributed by atoms with van der Waals surface area (Å²) >= 11 is 7.57. The summed E-state index contributed by atoms with van der Waals surface area (Å²) in [7, 11) is 0. The molecule has 2 aromatic rings. The van der Waals surface area contributed by atoms with Crippen LogP contribution in [-0.4, -0.2) is 53.7 Å². The van der Waals surface area contributed by atoms with E-state index in [9.17, 15) is 9.59 Å². The van der Waals surface area contributed by atoms with E-state index in [1.165, 1.54) is 0 Å². The molecule has 0 aliphatic carbocycles. The Balaban J connectivity index is 1.48. The molecular formula is C21H21ClN2O3S. The first-order valence-electron chi connectivity index (χ1n) is 9.24. The number of ether oxygens (including phenoxy) is 1. The quantitative estimate of drug-likeness (QED) is 0.764. The fourth-order valence-electron chi connectivity index (χ4n) is 3.43. The third-order valence-electron chi connectivity index (χ3n) is 4.98. The lowest BCUT2D eigenvalue weighted by molar-refractivity contribution is -0.128. The van der Waals surface area contributed by atoms with Crippen LogP contribution in [0.3, 0.4) is 0 Å². The van der Waals surface area contributed by atoms with Crippen LogP contribution < -0.4 is 0 Å². The average Bonchev–Trinajstić information content (AvgIpc) is 3.10. The van der Waals surface area contributed by atoms with Crippen molar-refractivity contribution in [3.05, 3.63) is 70.2 Å². The van der Waals surface area contributed by atoms with Gasteiger partial charge in [-0.2, -0.15) is 0 Å². The summed E-state index contributed by atoms with van der Waals surface area (Å²) in [4.78, 5) is 28.7. The van der Waals surface area contributed by atoms with Crippen molar-refractivity contribution in [2.24, 2.45) is 0 Å². The standard InChI is InChI=1S/C21H21ClN2O3S/c22-18-7-1-15(2-8-18)13-24-19(25)14-28-21(24)17-5-3-16(4-6-17)20(26)23-9-11-27-12-10-23/h1-8,21H,9-14H2/t21-/m1/s1. The van der Waals surface area contributed by atoms with Gasteiger partial charge < -0.3 is 14.5 Å². The van der Waals surface area contributed by atoms with Gasteiger partial charge in [-0.1, -0.05) is 35.9 Å². The average molecular weight is 417 g/mol. The van der Waals surface area contributed by atoms with Gasteiger partial charge in [-0.15, -0.1) is 11.8 Å². The van der Waals surface area contributed by atoms with Crippen LogP contribution in [0.25, 0.3) is 0 Å². The van der Waals surface area contributed by atoms with E-state index in [4.69, 9.17) is 16.3 Å². The topological polar surface area (TPSA) is 49.9 Å². The molecule has 0 unspecified atom stereocenters. The lowest BCUT2D eigenvalue weighted by Gasteiger charge is -2.27. The van der Waals surface area contributed by atoms with Crippen molar-refractivity contribution in [3.63, 3.8) is 0 Å². The van der Waals surface area contributed by atoms with Crippen LogP contribution in [0, 0.1) is 0 Å². The Hall–Kier alpha value is -2.02. The summed E-state index contributed by atoms with van der Waals surface area (Å²) in [5.41, 5.74) is 2.75. The van der Waals surface area contributed by atoms with E-state index in [-0.39, 0.29) is 17.2 Å². The smallest absolute Gasteiger partial charge is 0.254 e. The van der Waals surface area contributed by atoms with E-state index < -0.39 is 0 Å². The van der Waals surface area contributed by atoms with Crippen molar-refractivity contribution in [3.8, 4) is 0 Å². The second-order valence-corrected chi connectivity index (χ2v) is 8.34. The number of hydrogen-bond acceptors (Lipinski definition) is 4. The predicted octanol–water partition coefficient (Wildman–Crippen LogP) is 3.59. The number of nitrogens with zero attached hydrogens (tertiary/aromatic N) is 2. The molecule has 7 heteroatoms. The van der Waals surface area contributed by atoms with E-state index in [0.717, 1.165) is 11.1 Å². The van der Waals surface area contributed by atoms with Crippen LogP contribution >= 0.6 is 23.4 Å². The van der Waals surface area contributed by atoms with Gasteiger partial charge >= 0.3 is 0 Å². The molecule has 0 aromatic heterocycles. The minimum Gasteiger partial charge on any atom is -0.378 e. The summed E-state index contributed by atoms with van der Waals surface area (Å²) in [6, 6.07) is 15.2. The summed E-state index contributed by atoms with van der Waals surface area (Å²) in [5.74, 6) is 0.619. The third kappa shape index (κ3) is 4.19. The van der Waals surface area contributed by atoms with Gasteiger partial charge in [0, 0.05) is 30.2 Å². The summed E-state index contributed by atoms with van der Waals surface area (Å²) in [5, 5.41) is 0.638. The van der Waals surface area contributed by atoms with Gasteiger partial charge in [0.05, 0.1) is 19.0 Å². The molecule has 28 heavy (non-hydrogen) atoms. The zero-order chi connectivity index (χ0) is 19.5. The van der Waals surface area contributed by atoms with E-state index in [1.54, 1.807) is 11.8 Å². The number of rotatable bonds is 4. The second kappa shape index (κ2) is 8.55. The number of carbonyl (C=O) groups excluding carboxylic acids is 2. The van der Waals surface area contributed by atoms with Crippen molar-refractivity contribution in [2.45, 2.75) is 11.9 Å². The van der Waals surface area contributed by atoms with E-state index in [2.05, 4.69) is 0 Å². The van der Waals surface area contributed by atoms with Crippen molar-refractivity contribution < 1.29 is 14.3 Å². The molecule has 0 radical (unpaired) electrons. The lowest BCUT2D eigenvalue weighted by atomic mass is 10.1. The highest BCUT2D eigenvalue weighted by atomic mass is 35.5. The molecule has 5 nitrogen and oxygen atoms in total. The number of amides is 2. The Kier molecular flexibility index (Phi) is 5.90. The number of morpholine rings is 1. The fraction of sp³-hybridized carbons (Fsp3) is 0.333. The molecule has 0 N–H and O–H groups in total. The highest BCUT2D eigenvalue weighted by molar-refractivity contribution is 8.00. The fourth-order valence-corrected chi connectivity index (χ4v) is 4.74. The van der Waals surface area contributed by atoms with E-state index in [1.807, 2.05) is 58.3 Å². The van der Waals surface area contributed by atoms with Crippen LogP contribution in [0.15, 0.2) is 48.5 Å². The predicted molar refractivity (Wildman–Crippen MR) is 110 cm³/mol. The number of hydrogen-bond donors (Lipinski definition) is 0. The zero-order valence-electron chi connectivity index (χ0n) is 15.3. The molecule has 2 aliphatic rings. The molecule has 2 fully saturated rings. The molecule has 0 bridgehead atoms. The molecule has 0 saturated carbocycles. The Bertz CT molecular complexity index is 851. The van der Waals surface area contributed by atoms with Gasteiger partial charge in [-0.3, -0.25) is 9.59 Å². The Morgan fingerprint density at radius 1 is 1.07 bits per heavy atom. The monoisotopic (exact) mass is 416 g/mol. The molecule has 146 valence electrons. The van der Waals surface area contributed by atoms with Gasteiger partial charge in [-0.25, -0.2) is 0 Å². The van der Waals surface area contributed by atoms with Crippen molar-refractivity contribution in [2.75, 3.05) is 32.1 Å². The van der Waals surface area contributed by atoms with E-state index >= 15 is 0 Å². The maximum atomic E-state index is 12.6. The molecule has 2 saturated heterocycles. The highest BCUT2D eigenvalue weighted by Crippen LogP contribution is 2.39. The Morgan fingerprint density at radius 3 is 2.43 bits per heavy atom. The summed E-state index contributed by atoms with van der Waals surface area (Å²) in [6.07, 6.45) is 0. The van der Waals surface area contributed by atoms with Gasteiger partial charge in [-0.05, 0) is 35.4 Å². The number of benzene rings is 2. The van der Waals surface area contributed by atoms with Gasteiger partial charge in [0.2, 0.25) is 5.91 Å². The van der Waals surface area contributed by atoms with Crippen LogP contribution in [0.1, 0.15) is 26.9 Å². The number of thioether (sulfide) groups is 1. The van der Waals surface area contributed by atoms with Gasteiger partial charge in [0.1, 0.15) is 5.37 Å². The maximum absolute atomic E-state index is 12.6. The molecule has 1 atom stereocenters.